The molecule has 1 saturated heterocycles. The van der Waals surface area contributed by atoms with Gasteiger partial charge in [0.25, 0.3) is 0 Å². The van der Waals surface area contributed by atoms with E-state index < -0.39 is 6.36 Å². The quantitative estimate of drug-likeness (QED) is 0.832. The summed E-state index contributed by atoms with van der Waals surface area (Å²) in [5, 5.41) is 3.21. The van der Waals surface area contributed by atoms with Crippen molar-refractivity contribution in [1.82, 2.24) is 10.2 Å². The van der Waals surface area contributed by atoms with Gasteiger partial charge in [0.15, 0.2) is 0 Å². The largest absolute Gasteiger partial charge is 0.573 e. The van der Waals surface area contributed by atoms with Crippen molar-refractivity contribution in [1.29, 1.82) is 0 Å². The molecular weight excluding hydrogens is 340 g/mol. The molecule has 1 heterocycles. The minimum Gasteiger partial charge on any atom is -0.405 e. The molecule has 1 fully saturated rings. The second-order valence-electron chi connectivity index (χ2n) is 4.55. The van der Waals surface area contributed by atoms with Crippen molar-refractivity contribution in [3.05, 3.63) is 42.5 Å². The van der Waals surface area contributed by atoms with E-state index in [0.717, 1.165) is 26.2 Å². The molecule has 1 aliphatic rings. The van der Waals surface area contributed by atoms with Gasteiger partial charge < -0.3 is 10.1 Å². The maximum absolute atomic E-state index is 12.5. The van der Waals surface area contributed by atoms with Crippen LogP contribution in [0.4, 0.5) is 13.2 Å². The fourth-order valence-electron chi connectivity index (χ4n) is 2.38. The van der Waals surface area contributed by atoms with E-state index in [4.69, 9.17) is 0 Å². The van der Waals surface area contributed by atoms with Gasteiger partial charge >= 0.3 is 6.36 Å². The van der Waals surface area contributed by atoms with Gasteiger partial charge in [-0.05, 0) is 6.07 Å². The maximum atomic E-state index is 12.5. The molecule has 126 valence electrons. The van der Waals surface area contributed by atoms with Crippen LogP contribution in [0.3, 0.4) is 0 Å². The molecule has 0 amide bonds. The molecule has 1 aromatic carbocycles. The normalized spacial score (nSPS) is 16.9. The van der Waals surface area contributed by atoms with Crippen LogP contribution in [0.1, 0.15) is 11.6 Å². The van der Waals surface area contributed by atoms with Crippen molar-refractivity contribution >= 4 is 24.8 Å². The highest BCUT2D eigenvalue weighted by Crippen LogP contribution is 2.33. The van der Waals surface area contributed by atoms with E-state index in [9.17, 15) is 13.2 Å². The highest BCUT2D eigenvalue weighted by atomic mass is 35.5. The fraction of sp³-hybridized carbons (Fsp3) is 0.429. The zero-order valence-corrected chi connectivity index (χ0v) is 13.4. The number of piperazine rings is 1. The molecule has 8 heteroatoms. The maximum Gasteiger partial charge on any atom is 0.573 e. The number of hydrogen-bond acceptors (Lipinski definition) is 3. The van der Waals surface area contributed by atoms with E-state index in [-0.39, 0.29) is 36.6 Å². The second kappa shape index (κ2) is 9.25. The lowest BCUT2D eigenvalue weighted by Gasteiger charge is -2.34. The predicted molar refractivity (Wildman–Crippen MR) is 85.0 cm³/mol. The molecule has 22 heavy (non-hydrogen) atoms. The molecule has 1 atom stereocenters. The zero-order valence-electron chi connectivity index (χ0n) is 11.8. The molecule has 1 aromatic rings. The lowest BCUT2D eigenvalue weighted by atomic mass is 10.0. The van der Waals surface area contributed by atoms with Crippen LogP contribution in [-0.2, 0) is 0 Å². The molecule has 1 aliphatic heterocycles. The lowest BCUT2D eigenvalue weighted by Crippen LogP contribution is -2.44. The molecule has 0 spiro atoms. The number of alkyl halides is 3. The van der Waals surface area contributed by atoms with Gasteiger partial charge in [-0.25, -0.2) is 0 Å². The first-order valence-electron chi connectivity index (χ1n) is 6.43. The first-order chi connectivity index (χ1) is 9.51. The molecular formula is C14H19Cl2F3N2O. The van der Waals surface area contributed by atoms with Gasteiger partial charge in [0.05, 0.1) is 6.04 Å². The van der Waals surface area contributed by atoms with Gasteiger partial charge in [-0.1, -0.05) is 24.3 Å². The van der Waals surface area contributed by atoms with Crippen LogP contribution in [0.2, 0.25) is 0 Å². The monoisotopic (exact) mass is 358 g/mol. The Kier molecular flexibility index (Phi) is 8.85. The van der Waals surface area contributed by atoms with Crippen LogP contribution in [0.5, 0.6) is 5.75 Å². The topological polar surface area (TPSA) is 24.5 Å². The van der Waals surface area contributed by atoms with E-state index in [1.165, 1.54) is 12.1 Å². The molecule has 0 unspecified atom stereocenters. The molecule has 3 nitrogen and oxygen atoms in total. The van der Waals surface area contributed by atoms with Crippen molar-refractivity contribution in [2.24, 2.45) is 0 Å². The van der Waals surface area contributed by atoms with Crippen LogP contribution in [0.15, 0.2) is 36.9 Å². The van der Waals surface area contributed by atoms with Gasteiger partial charge in [-0.15, -0.1) is 44.6 Å². The van der Waals surface area contributed by atoms with Gasteiger partial charge in [0.1, 0.15) is 5.75 Å². The number of rotatable bonds is 4. The van der Waals surface area contributed by atoms with Crippen molar-refractivity contribution in [2.75, 3.05) is 26.2 Å². The predicted octanol–water partition coefficient (Wildman–Crippen LogP) is 3.56. The number of benzene rings is 1. The fourth-order valence-corrected chi connectivity index (χ4v) is 2.38. The Hall–Kier alpha value is -0.950. The Bertz CT molecular complexity index is 466. The van der Waals surface area contributed by atoms with E-state index in [0.29, 0.717) is 5.56 Å². The number of hydrogen-bond donors (Lipinski definition) is 1. The second-order valence-corrected chi connectivity index (χ2v) is 4.55. The van der Waals surface area contributed by atoms with Crippen molar-refractivity contribution in [3.8, 4) is 5.75 Å². The van der Waals surface area contributed by atoms with Gasteiger partial charge in [-0.3, -0.25) is 4.90 Å². The Morgan fingerprint density at radius 3 is 2.32 bits per heavy atom. The first kappa shape index (κ1) is 21.0. The lowest BCUT2D eigenvalue weighted by molar-refractivity contribution is -0.275. The molecule has 0 aromatic heterocycles. The van der Waals surface area contributed by atoms with Gasteiger partial charge in [-0.2, -0.15) is 0 Å². The zero-order chi connectivity index (χ0) is 14.6. The molecule has 1 N–H and O–H groups in total. The Morgan fingerprint density at radius 1 is 1.18 bits per heavy atom. The summed E-state index contributed by atoms with van der Waals surface area (Å²) in [6.07, 6.45) is -3.03. The Morgan fingerprint density at radius 2 is 1.77 bits per heavy atom. The Labute approximate surface area is 140 Å². The molecule has 0 radical (unpaired) electrons. The highest BCUT2D eigenvalue weighted by Gasteiger charge is 2.33. The van der Waals surface area contributed by atoms with Crippen LogP contribution < -0.4 is 10.1 Å². The molecule has 0 aliphatic carbocycles. The highest BCUT2D eigenvalue weighted by molar-refractivity contribution is 5.85. The number of ether oxygens (including phenoxy) is 1. The molecule has 0 bridgehead atoms. The third-order valence-corrected chi connectivity index (χ3v) is 3.23. The van der Waals surface area contributed by atoms with Crippen molar-refractivity contribution in [3.63, 3.8) is 0 Å². The summed E-state index contributed by atoms with van der Waals surface area (Å²) >= 11 is 0. The van der Waals surface area contributed by atoms with E-state index in [1.54, 1.807) is 18.2 Å². The van der Waals surface area contributed by atoms with Gasteiger partial charge in [0.2, 0.25) is 0 Å². The molecule has 0 saturated carbocycles. The summed E-state index contributed by atoms with van der Waals surface area (Å²) in [6, 6.07) is 5.94. The number of para-hydroxylation sites is 1. The van der Waals surface area contributed by atoms with Crippen molar-refractivity contribution in [2.45, 2.75) is 12.4 Å². The van der Waals surface area contributed by atoms with Gasteiger partial charge in [0, 0.05) is 31.7 Å². The van der Waals surface area contributed by atoms with Crippen LogP contribution >= 0.6 is 24.8 Å². The van der Waals surface area contributed by atoms with Crippen LogP contribution in [0, 0.1) is 0 Å². The number of nitrogens with zero attached hydrogens (tertiary/aromatic N) is 1. The standard InChI is InChI=1S/C14H17F3N2O.2ClH/c1-2-12(19-9-7-18-8-10-19)11-5-3-4-6-13(11)20-14(15,16)17;;/h2-6,12,18H,1,7-10H2;2*1H/t12-;;/m1../s1. The average Bonchev–Trinajstić information content (AvgIpc) is 2.41. The van der Waals surface area contributed by atoms with Crippen LogP contribution in [-0.4, -0.2) is 37.4 Å². The summed E-state index contributed by atoms with van der Waals surface area (Å²) < 4.78 is 41.5. The van der Waals surface area contributed by atoms with E-state index in [2.05, 4.69) is 21.5 Å². The summed E-state index contributed by atoms with van der Waals surface area (Å²) in [5.41, 5.74) is 0.488. The van der Waals surface area contributed by atoms with E-state index in [1.807, 2.05) is 0 Å². The van der Waals surface area contributed by atoms with Crippen molar-refractivity contribution < 1.29 is 17.9 Å². The third kappa shape index (κ3) is 5.68. The Balaban J connectivity index is 0.00000220. The minimum absolute atomic E-state index is 0. The SMILES string of the molecule is C=C[C@H](c1ccccc1OC(F)(F)F)N1CCNCC1.Cl.Cl. The summed E-state index contributed by atoms with van der Waals surface area (Å²) in [6.45, 7) is 6.90. The number of nitrogens with one attached hydrogen (secondary N) is 1. The molecule has 2 rings (SSSR count). The smallest absolute Gasteiger partial charge is 0.405 e. The summed E-state index contributed by atoms with van der Waals surface area (Å²) in [5.74, 6) is -0.163. The first-order valence-corrected chi connectivity index (χ1v) is 6.43. The third-order valence-electron chi connectivity index (χ3n) is 3.23. The van der Waals surface area contributed by atoms with Crippen LogP contribution in [0.25, 0.3) is 0 Å². The minimum atomic E-state index is -4.69. The summed E-state index contributed by atoms with van der Waals surface area (Å²) in [4.78, 5) is 2.09. The average molecular weight is 359 g/mol. The number of halogens is 5. The van der Waals surface area contributed by atoms with E-state index >= 15 is 0 Å². The summed E-state index contributed by atoms with van der Waals surface area (Å²) in [7, 11) is 0.